The number of esters is 3. The lowest BCUT2D eigenvalue weighted by molar-refractivity contribution is -0.166. The van der Waals surface area contributed by atoms with Gasteiger partial charge in [-0.3, -0.25) is 14.4 Å². The molecule has 0 aromatic carbocycles. The molecular weight excluding hydrogens is 925 g/mol. The Labute approximate surface area is 467 Å². The number of unbranched alkanes of at least 4 members (excludes halogenated alkanes) is 42. The molecule has 1 atom stereocenters. The summed E-state index contributed by atoms with van der Waals surface area (Å²) in [7, 11) is 0. The molecule has 0 spiro atoms. The smallest absolute Gasteiger partial charge is 0.306 e. The summed E-state index contributed by atoms with van der Waals surface area (Å²) in [5.74, 6) is -0.951. The molecule has 0 heterocycles. The van der Waals surface area contributed by atoms with Gasteiger partial charge in [0, 0.05) is 19.3 Å². The van der Waals surface area contributed by atoms with Crippen molar-refractivity contribution in [2.45, 2.75) is 361 Å². The Morgan fingerprint density at radius 2 is 0.520 bits per heavy atom. The van der Waals surface area contributed by atoms with E-state index in [0.29, 0.717) is 19.3 Å². The van der Waals surface area contributed by atoms with Crippen LogP contribution in [-0.2, 0) is 28.6 Å². The van der Waals surface area contributed by atoms with Crippen molar-refractivity contribution in [2.24, 2.45) is 0 Å². The highest BCUT2D eigenvalue weighted by atomic mass is 16.6. The standard InChI is InChI=1S/C69H126O6/c1-4-7-10-13-16-19-22-25-27-29-31-33-34-35-36-38-39-41-44-47-50-53-56-59-62-68(71)74-65-66(64-73-67(70)61-58-55-52-49-46-43-24-21-18-15-12-9-6-3)75-69(72)63-60-57-54-51-48-45-42-40-37-32-30-28-26-23-20-17-14-11-8-5-2/h9,12,18,21,43,46,52,55,66H,4-8,10-11,13-17,19-20,22-42,44-45,47-51,53-54,56-65H2,1-3H3/b12-9-,21-18-,46-43-,55-52-. The summed E-state index contributed by atoms with van der Waals surface area (Å²) in [5, 5.41) is 0. The Balaban J connectivity index is 4.27. The minimum absolute atomic E-state index is 0.0899. The molecule has 0 fully saturated rings. The fourth-order valence-corrected chi connectivity index (χ4v) is 9.93. The van der Waals surface area contributed by atoms with Gasteiger partial charge in [0.25, 0.3) is 0 Å². The van der Waals surface area contributed by atoms with Crippen LogP contribution in [0.1, 0.15) is 355 Å². The molecule has 0 aromatic heterocycles. The Morgan fingerprint density at radius 3 is 0.813 bits per heavy atom. The highest BCUT2D eigenvalue weighted by molar-refractivity contribution is 5.71. The second-order valence-corrected chi connectivity index (χ2v) is 22.4. The topological polar surface area (TPSA) is 78.9 Å². The third-order valence-electron chi connectivity index (χ3n) is 14.9. The van der Waals surface area contributed by atoms with Crippen molar-refractivity contribution in [1.82, 2.24) is 0 Å². The molecule has 0 radical (unpaired) electrons. The van der Waals surface area contributed by atoms with Gasteiger partial charge in [-0.05, 0) is 44.9 Å². The van der Waals surface area contributed by atoms with Crippen molar-refractivity contribution in [3.05, 3.63) is 48.6 Å². The molecule has 0 amide bonds. The van der Waals surface area contributed by atoms with Gasteiger partial charge < -0.3 is 14.2 Å². The van der Waals surface area contributed by atoms with Gasteiger partial charge in [0.05, 0.1) is 0 Å². The normalized spacial score (nSPS) is 12.3. The number of hydrogen-bond donors (Lipinski definition) is 0. The predicted molar refractivity (Wildman–Crippen MR) is 325 cm³/mol. The number of rotatable bonds is 61. The molecule has 0 aliphatic carbocycles. The summed E-state index contributed by atoms with van der Waals surface area (Å²) in [6, 6.07) is 0. The fourth-order valence-electron chi connectivity index (χ4n) is 9.93. The van der Waals surface area contributed by atoms with Crippen molar-refractivity contribution >= 4 is 17.9 Å². The van der Waals surface area contributed by atoms with E-state index >= 15 is 0 Å². The van der Waals surface area contributed by atoms with Crippen LogP contribution in [0.4, 0.5) is 0 Å². The summed E-state index contributed by atoms with van der Waals surface area (Å²) in [6.07, 6.45) is 80.1. The first kappa shape index (κ1) is 72.4. The molecule has 6 nitrogen and oxygen atoms in total. The number of ether oxygens (including phenoxy) is 3. The quantitative estimate of drug-likeness (QED) is 0.0261. The van der Waals surface area contributed by atoms with Gasteiger partial charge >= 0.3 is 17.9 Å². The van der Waals surface area contributed by atoms with Crippen LogP contribution in [0.3, 0.4) is 0 Å². The van der Waals surface area contributed by atoms with Crippen molar-refractivity contribution in [3.8, 4) is 0 Å². The van der Waals surface area contributed by atoms with E-state index in [2.05, 4.69) is 63.3 Å². The SMILES string of the molecule is CC/C=C\C/C=C\C/C=C\C/C=C\CCC(=O)OCC(COC(=O)CCCCCCCCCCCCCCCCCCCCCCCCCC)OC(=O)CCCCCCCCCCCCCCCCCCCCCC. The van der Waals surface area contributed by atoms with Gasteiger partial charge in [0.1, 0.15) is 13.2 Å². The van der Waals surface area contributed by atoms with Crippen LogP contribution in [0.15, 0.2) is 48.6 Å². The van der Waals surface area contributed by atoms with Crippen molar-refractivity contribution in [1.29, 1.82) is 0 Å². The predicted octanol–water partition coefficient (Wildman–Crippen LogP) is 22.6. The molecule has 75 heavy (non-hydrogen) atoms. The maximum atomic E-state index is 12.9. The van der Waals surface area contributed by atoms with Crippen LogP contribution in [0.5, 0.6) is 0 Å². The number of hydrogen-bond acceptors (Lipinski definition) is 6. The molecule has 0 aromatic rings. The van der Waals surface area contributed by atoms with Gasteiger partial charge in [-0.25, -0.2) is 0 Å². The first-order valence-corrected chi connectivity index (χ1v) is 33.1. The summed E-state index contributed by atoms with van der Waals surface area (Å²) < 4.78 is 16.9. The van der Waals surface area contributed by atoms with Crippen LogP contribution in [0.25, 0.3) is 0 Å². The van der Waals surface area contributed by atoms with Crippen molar-refractivity contribution in [2.75, 3.05) is 13.2 Å². The van der Waals surface area contributed by atoms with Crippen LogP contribution in [0, 0.1) is 0 Å². The van der Waals surface area contributed by atoms with Gasteiger partial charge in [0.2, 0.25) is 0 Å². The minimum atomic E-state index is -0.799. The largest absolute Gasteiger partial charge is 0.462 e. The van der Waals surface area contributed by atoms with Crippen molar-refractivity contribution < 1.29 is 28.6 Å². The second-order valence-electron chi connectivity index (χ2n) is 22.4. The zero-order valence-corrected chi connectivity index (χ0v) is 50.3. The van der Waals surface area contributed by atoms with Crippen molar-refractivity contribution in [3.63, 3.8) is 0 Å². The zero-order valence-electron chi connectivity index (χ0n) is 50.3. The lowest BCUT2D eigenvalue weighted by Crippen LogP contribution is -2.30. The summed E-state index contributed by atoms with van der Waals surface area (Å²) in [5.41, 5.74) is 0. The highest BCUT2D eigenvalue weighted by Gasteiger charge is 2.19. The zero-order chi connectivity index (χ0) is 54.3. The van der Waals surface area contributed by atoms with Crippen LogP contribution in [0.2, 0.25) is 0 Å². The average molecular weight is 1050 g/mol. The number of allylic oxidation sites excluding steroid dienone is 8. The van der Waals surface area contributed by atoms with E-state index in [1.165, 1.54) is 244 Å². The van der Waals surface area contributed by atoms with Gasteiger partial charge in [-0.15, -0.1) is 0 Å². The molecule has 0 saturated heterocycles. The first-order valence-electron chi connectivity index (χ1n) is 33.1. The van der Waals surface area contributed by atoms with Crippen LogP contribution >= 0.6 is 0 Å². The monoisotopic (exact) mass is 1050 g/mol. The van der Waals surface area contributed by atoms with Gasteiger partial charge in [0.15, 0.2) is 6.10 Å². The molecule has 0 rings (SSSR count). The molecule has 438 valence electrons. The lowest BCUT2D eigenvalue weighted by Gasteiger charge is -2.18. The Hall–Kier alpha value is -2.63. The average Bonchev–Trinajstić information content (AvgIpc) is 3.41. The molecule has 1 unspecified atom stereocenters. The Kier molecular flexibility index (Phi) is 61.7. The lowest BCUT2D eigenvalue weighted by atomic mass is 10.0. The van der Waals surface area contributed by atoms with Gasteiger partial charge in [-0.1, -0.05) is 339 Å². The number of carbonyl (C=O) groups excluding carboxylic acids is 3. The van der Waals surface area contributed by atoms with E-state index in [4.69, 9.17) is 14.2 Å². The van der Waals surface area contributed by atoms with Gasteiger partial charge in [-0.2, -0.15) is 0 Å². The third kappa shape index (κ3) is 62.1. The maximum absolute atomic E-state index is 12.9. The molecule has 0 aliphatic rings. The number of carbonyl (C=O) groups is 3. The molecule has 6 heteroatoms. The summed E-state index contributed by atoms with van der Waals surface area (Å²) >= 11 is 0. The molecule has 0 N–H and O–H groups in total. The first-order chi connectivity index (χ1) is 37.0. The van der Waals surface area contributed by atoms with E-state index in [-0.39, 0.29) is 37.5 Å². The second kappa shape index (κ2) is 63.9. The van der Waals surface area contributed by atoms with E-state index in [1.807, 2.05) is 6.08 Å². The van der Waals surface area contributed by atoms with E-state index < -0.39 is 6.10 Å². The Bertz CT molecular complexity index is 1300. The summed E-state index contributed by atoms with van der Waals surface area (Å²) in [6.45, 7) is 6.53. The molecule has 0 saturated carbocycles. The molecular formula is C69H126O6. The summed E-state index contributed by atoms with van der Waals surface area (Å²) in [4.78, 5) is 38.3. The molecule has 0 bridgehead atoms. The Morgan fingerprint density at radius 1 is 0.280 bits per heavy atom. The fraction of sp³-hybridized carbons (Fsp3) is 0.841. The maximum Gasteiger partial charge on any atom is 0.306 e. The minimum Gasteiger partial charge on any atom is -0.462 e. The third-order valence-corrected chi connectivity index (χ3v) is 14.9. The van der Waals surface area contributed by atoms with E-state index in [0.717, 1.165) is 64.2 Å². The van der Waals surface area contributed by atoms with Crippen LogP contribution < -0.4 is 0 Å². The molecule has 0 aliphatic heterocycles. The van der Waals surface area contributed by atoms with E-state index in [9.17, 15) is 14.4 Å². The van der Waals surface area contributed by atoms with Crippen LogP contribution in [-0.4, -0.2) is 37.2 Å². The van der Waals surface area contributed by atoms with E-state index in [1.54, 1.807) is 0 Å². The highest BCUT2D eigenvalue weighted by Crippen LogP contribution is 2.18.